The van der Waals surface area contributed by atoms with E-state index in [1.807, 2.05) is 6.92 Å². The highest BCUT2D eigenvalue weighted by Crippen LogP contribution is 2.38. The maximum absolute atomic E-state index is 14.0. The van der Waals surface area contributed by atoms with E-state index in [9.17, 15) is 13.6 Å². The van der Waals surface area contributed by atoms with Crippen molar-refractivity contribution in [2.45, 2.75) is 13.5 Å². The number of hydrogen-bond acceptors (Lipinski definition) is 5. The number of cyclic esters (lactones) is 1. The summed E-state index contributed by atoms with van der Waals surface area (Å²) in [7, 11) is 0. The van der Waals surface area contributed by atoms with Crippen LogP contribution in [0.5, 0.6) is 11.5 Å². The van der Waals surface area contributed by atoms with Gasteiger partial charge in [-0.05, 0) is 76.5 Å². The summed E-state index contributed by atoms with van der Waals surface area (Å²) in [6.45, 7) is 2.34. The summed E-state index contributed by atoms with van der Waals surface area (Å²) in [4.78, 5) is 16.4. The van der Waals surface area contributed by atoms with Crippen LogP contribution in [0.2, 0.25) is 0 Å². The van der Waals surface area contributed by atoms with Crippen molar-refractivity contribution in [3.8, 4) is 11.5 Å². The lowest BCUT2D eigenvalue weighted by atomic mass is 10.1. The molecule has 1 aliphatic heterocycles. The zero-order valence-corrected chi connectivity index (χ0v) is 19.1. The summed E-state index contributed by atoms with van der Waals surface area (Å²) in [6, 6.07) is 15.5. The molecule has 33 heavy (non-hydrogen) atoms. The van der Waals surface area contributed by atoms with Gasteiger partial charge in [-0.15, -0.1) is 0 Å². The fourth-order valence-corrected chi connectivity index (χ4v) is 3.75. The fraction of sp³-hybridized carbons (Fsp3) is 0.120. The van der Waals surface area contributed by atoms with Crippen LogP contribution in [0.4, 0.5) is 8.78 Å². The van der Waals surface area contributed by atoms with Crippen molar-refractivity contribution in [3.05, 3.63) is 99.2 Å². The largest absolute Gasteiger partial charge is 0.490 e. The van der Waals surface area contributed by atoms with Gasteiger partial charge in [-0.25, -0.2) is 18.6 Å². The van der Waals surface area contributed by atoms with Gasteiger partial charge >= 0.3 is 5.97 Å². The quantitative estimate of drug-likeness (QED) is 0.285. The van der Waals surface area contributed by atoms with Crippen molar-refractivity contribution in [3.63, 3.8) is 0 Å². The fourth-order valence-electron chi connectivity index (χ4n) is 3.17. The Labute approximate surface area is 197 Å². The summed E-state index contributed by atoms with van der Waals surface area (Å²) >= 11 is 3.47. The van der Waals surface area contributed by atoms with E-state index in [2.05, 4.69) is 20.9 Å². The molecule has 0 saturated heterocycles. The maximum Gasteiger partial charge on any atom is 0.363 e. The molecular weight excluding hydrogens is 496 g/mol. The lowest BCUT2D eigenvalue weighted by Crippen LogP contribution is -2.07. The average molecular weight is 514 g/mol. The first-order chi connectivity index (χ1) is 15.9. The molecule has 0 unspecified atom stereocenters. The van der Waals surface area contributed by atoms with Crippen molar-refractivity contribution in [1.82, 2.24) is 0 Å². The van der Waals surface area contributed by atoms with Gasteiger partial charge in [-0.2, -0.15) is 0 Å². The van der Waals surface area contributed by atoms with Gasteiger partial charge in [0.25, 0.3) is 0 Å². The molecule has 0 saturated carbocycles. The van der Waals surface area contributed by atoms with Gasteiger partial charge in [0, 0.05) is 0 Å². The SMILES string of the molecule is CCOc1cc(C=C2N=C(c3ccccc3F)OC2=O)cc(Br)c1OCc1cccc(F)c1. The molecule has 0 amide bonds. The Balaban J connectivity index is 1.62. The molecule has 8 heteroatoms. The molecule has 1 heterocycles. The monoisotopic (exact) mass is 513 g/mol. The van der Waals surface area contributed by atoms with Crippen LogP contribution in [0.1, 0.15) is 23.6 Å². The van der Waals surface area contributed by atoms with Gasteiger partial charge < -0.3 is 14.2 Å². The first-order valence-electron chi connectivity index (χ1n) is 10.1. The summed E-state index contributed by atoms with van der Waals surface area (Å²) in [6.07, 6.45) is 1.51. The van der Waals surface area contributed by atoms with Crippen molar-refractivity contribution >= 4 is 33.9 Å². The molecule has 0 aromatic heterocycles. The molecule has 168 valence electrons. The third-order valence-corrected chi connectivity index (χ3v) is 5.22. The number of hydrogen-bond donors (Lipinski definition) is 0. The van der Waals surface area contributed by atoms with Crippen LogP contribution in [-0.4, -0.2) is 18.5 Å². The minimum Gasteiger partial charge on any atom is -0.490 e. The van der Waals surface area contributed by atoms with Crippen molar-refractivity contribution in [2.75, 3.05) is 6.61 Å². The molecule has 0 fully saturated rings. The number of benzene rings is 3. The Bertz CT molecular complexity index is 1270. The van der Waals surface area contributed by atoms with Gasteiger partial charge in [0.1, 0.15) is 18.2 Å². The molecule has 5 nitrogen and oxygen atoms in total. The number of carbonyl (C=O) groups excluding carboxylic acids is 1. The Morgan fingerprint density at radius 2 is 1.88 bits per heavy atom. The minimum absolute atomic E-state index is 0.0241. The molecule has 3 aromatic carbocycles. The number of nitrogens with zero attached hydrogens (tertiary/aromatic N) is 1. The molecule has 1 aliphatic rings. The highest BCUT2D eigenvalue weighted by molar-refractivity contribution is 9.10. The summed E-state index contributed by atoms with van der Waals surface area (Å²) in [5.74, 6) is -0.794. The lowest BCUT2D eigenvalue weighted by Gasteiger charge is -2.15. The molecule has 4 rings (SSSR count). The van der Waals surface area contributed by atoms with Crippen LogP contribution in [0.25, 0.3) is 6.08 Å². The summed E-state index contributed by atoms with van der Waals surface area (Å²) < 4.78 is 44.8. The highest BCUT2D eigenvalue weighted by atomic mass is 79.9. The Hall–Kier alpha value is -3.52. The first kappa shape index (κ1) is 22.7. The molecule has 0 radical (unpaired) electrons. The van der Waals surface area contributed by atoms with Gasteiger partial charge in [-0.3, -0.25) is 0 Å². The van der Waals surface area contributed by atoms with Crippen molar-refractivity contribution in [2.24, 2.45) is 4.99 Å². The van der Waals surface area contributed by atoms with Gasteiger partial charge in [0.15, 0.2) is 17.2 Å². The maximum atomic E-state index is 14.0. The smallest absolute Gasteiger partial charge is 0.363 e. The number of carbonyl (C=O) groups is 1. The van der Waals surface area contributed by atoms with Crippen molar-refractivity contribution < 1.29 is 27.8 Å². The molecule has 0 atom stereocenters. The number of esters is 1. The van der Waals surface area contributed by atoms with E-state index >= 15 is 0 Å². The highest BCUT2D eigenvalue weighted by Gasteiger charge is 2.26. The second kappa shape index (κ2) is 9.95. The zero-order valence-electron chi connectivity index (χ0n) is 17.5. The predicted molar refractivity (Wildman–Crippen MR) is 123 cm³/mol. The van der Waals surface area contributed by atoms with E-state index in [-0.39, 0.29) is 29.6 Å². The van der Waals surface area contributed by atoms with Crippen LogP contribution < -0.4 is 9.47 Å². The number of ether oxygens (including phenoxy) is 3. The predicted octanol–water partition coefficient (Wildman–Crippen LogP) is 6.05. The average Bonchev–Trinajstić information content (AvgIpc) is 3.13. The Morgan fingerprint density at radius 1 is 1.06 bits per heavy atom. The zero-order chi connectivity index (χ0) is 23.4. The van der Waals surface area contributed by atoms with Crippen LogP contribution in [0.15, 0.2) is 75.8 Å². The number of aliphatic imine (C=N–C) groups is 1. The molecule has 0 spiro atoms. The summed E-state index contributed by atoms with van der Waals surface area (Å²) in [5.41, 5.74) is 1.38. The van der Waals surface area contributed by atoms with E-state index < -0.39 is 11.8 Å². The molecule has 3 aromatic rings. The molecular formula is C25H18BrF2NO4. The topological polar surface area (TPSA) is 57.1 Å². The third-order valence-electron chi connectivity index (χ3n) is 4.63. The first-order valence-corrected chi connectivity index (χ1v) is 10.8. The van der Waals surface area contributed by atoms with Crippen LogP contribution >= 0.6 is 15.9 Å². The second-order valence-electron chi connectivity index (χ2n) is 7.00. The van der Waals surface area contributed by atoms with Crippen LogP contribution in [0, 0.1) is 11.6 Å². The standard InChI is InChI=1S/C25H18BrF2NO4/c1-2-31-22-13-16(11-19(26)23(22)32-14-15-6-5-7-17(27)10-15)12-21-25(30)33-24(29-21)18-8-3-4-9-20(18)28/h3-13H,2,14H2,1H3. The summed E-state index contributed by atoms with van der Waals surface area (Å²) in [5, 5.41) is 0. The van der Waals surface area contributed by atoms with Crippen LogP contribution in [0.3, 0.4) is 0 Å². The lowest BCUT2D eigenvalue weighted by molar-refractivity contribution is -0.129. The minimum atomic E-state index is -0.686. The van der Waals surface area contributed by atoms with Crippen LogP contribution in [-0.2, 0) is 16.1 Å². The van der Waals surface area contributed by atoms with Gasteiger partial charge in [-0.1, -0.05) is 24.3 Å². The number of halogens is 3. The van der Waals surface area contributed by atoms with E-state index in [1.54, 1.807) is 30.3 Å². The molecule has 0 aliphatic carbocycles. The van der Waals surface area contributed by atoms with Crippen molar-refractivity contribution in [1.29, 1.82) is 0 Å². The molecule has 0 N–H and O–H groups in total. The van der Waals surface area contributed by atoms with Gasteiger partial charge in [0.2, 0.25) is 5.90 Å². The number of rotatable bonds is 7. The normalized spacial score (nSPS) is 14.2. The van der Waals surface area contributed by atoms with E-state index in [1.165, 1.54) is 36.4 Å². The van der Waals surface area contributed by atoms with E-state index in [0.29, 0.717) is 33.7 Å². The Morgan fingerprint density at radius 3 is 2.64 bits per heavy atom. The van der Waals surface area contributed by atoms with E-state index in [4.69, 9.17) is 14.2 Å². The third kappa shape index (κ3) is 5.28. The van der Waals surface area contributed by atoms with Gasteiger partial charge in [0.05, 0.1) is 16.6 Å². The second-order valence-corrected chi connectivity index (χ2v) is 7.85. The van der Waals surface area contributed by atoms with E-state index in [0.717, 1.165) is 0 Å². The molecule has 0 bridgehead atoms. The Kier molecular flexibility index (Phi) is 6.84.